The van der Waals surface area contributed by atoms with Gasteiger partial charge in [-0.25, -0.2) is 4.39 Å². The maximum absolute atomic E-state index is 13.5. The van der Waals surface area contributed by atoms with Crippen molar-refractivity contribution in [3.8, 4) is 11.1 Å². The van der Waals surface area contributed by atoms with Crippen LogP contribution in [0.25, 0.3) is 11.1 Å². The molecule has 0 unspecified atom stereocenters. The fraction of sp³-hybridized carbons (Fsp3) is 0.0714. The molecule has 0 aliphatic carbocycles. The third kappa shape index (κ3) is 3.25. The number of hydrogen-bond acceptors (Lipinski definition) is 1. The molecule has 0 spiro atoms. The van der Waals surface area contributed by atoms with E-state index in [-0.39, 0.29) is 6.42 Å². The van der Waals surface area contributed by atoms with Crippen LogP contribution in [0.15, 0.2) is 36.4 Å². The third-order valence-corrected chi connectivity index (χ3v) is 3.39. The van der Waals surface area contributed by atoms with Gasteiger partial charge in [0, 0.05) is 5.56 Å². The van der Waals surface area contributed by atoms with Gasteiger partial charge in [0.15, 0.2) is 0 Å². The van der Waals surface area contributed by atoms with Crippen molar-refractivity contribution < 1.29 is 14.3 Å². The average molecular weight is 299 g/mol. The molecule has 2 nitrogen and oxygen atoms in total. The van der Waals surface area contributed by atoms with Gasteiger partial charge in [-0.15, -0.1) is 0 Å². The Kier molecular flexibility index (Phi) is 4.08. The molecule has 5 heteroatoms. The van der Waals surface area contributed by atoms with Crippen molar-refractivity contribution >= 4 is 29.2 Å². The predicted molar refractivity (Wildman–Crippen MR) is 73.2 cm³/mol. The van der Waals surface area contributed by atoms with Crippen molar-refractivity contribution in [1.82, 2.24) is 0 Å². The lowest BCUT2D eigenvalue weighted by Gasteiger charge is -2.08. The van der Waals surface area contributed by atoms with E-state index in [1.165, 1.54) is 12.1 Å². The minimum absolute atomic E-state index is 0.247. The minimum Gasteiger partial charge on any atom is -0.481 e. The first-order valence-corrected chi connectivity index (χ1v) is 6.18. The van der Waals surface area contributed by atoms with E-state index in [0.29, 0.717) is 26.7 Å². The monoisotopic (exact) mass is 298 g/mol. The molecule has 0 fully saturated rings. The van der Waals surface area contributed by atoms with Gasteiger partial charge >= 0.3 is 5.97 Å². The van der Waals surface area contributed by atoms with Gasteiger partial charge in [-0.2, -0.15) is 0 Å². The first-order chi connectivity index (χ1) is 8.97. The Morgan fingerprint density at radius 1 is 1.21 bits per heavy atom. The van der Waals surface area contributed by atoms with Crippen LogP contribution >= 0.6 is 23.2 Å². The molecule has 0 saturated carbocycles. The topological polar surface area (TPSA) is 37.3 Å². The van der Waals surface area contributed by atoms with Crippen LogP contribution in [-0.4, -0.2) is 11.1 Å². The number of carboxylic acids is 1. The minimum atomic E-state index is -1.02. The Morgan fingerprint density at radius 3 is 2.63 bits per heavy atom. The molecule has 0 amide bonds. The number of carboxylic acid groups (broad SMARTS) is 1. The molecule has 0 aliphatic heterocycles. The van der Waals surface area contributed by atoms with Gasteiger partial charge in [0.25, 0.3) is 0 Å². The molecule has 0 aromatic heterocycles. The summed E-state index contributed by atoms with van der Waals surface area (Å²) in [6, 6.07) is 9.11. The number of carbonyl (C=O) groups is 1. The van der Waals surface area contributed by atoms with Gasteiger partial charge in [0.1, 0.15) is 5.82 Å². The fourth-order valence-electron chi connectivity index (χ4n) is 1.81. The van der Waals surface area contributed by atoms with E-state index in [0.717, 1.165) is 0 Å². The van der Waals surface area contributed by atoms with E-state index in [9.17, 15) is 9.18 Å². The second-order valence-corrected chi connectivity index (χ2v) is 4.81. The van der Waals surface area contributed by atoms with Crippen molar-refractivity contribution in [2.45, 2.75) is 6.42 Å². The van der Waals surface area contributed by atoms with E-state index in [1.54, 1.807) is 24.3 Å². The van der Waals surface area contributed by atoms with Gasteiger partial charge in [-0.05, 0) is 29.3 Å². The summed E-state index contributed by atoms with van der Waals surface area (Å²) in [5.41, 5.74) is 1.45. The van der Waals surface area contributed by atoms with E-state index in [1.807, 2.05) is 0 Å². The Labute approximate surface area is 119 Å². The lowest BCUT2D eigenvalue weighted by atomic mass is 10.0. The lowest BCUT2D eigenvalue weighted by molar-refractivity contribution is -0.136. The molecule has 2 aromatic rings. The van der Waals surface area contributed by atoms with Crippen molar-refractivity contribution in [3.63, 3.8) is 0 Å². The Balaban J connectivity index is 2.53. The van der Waals surface area contributed by atoms with Crippen LogP contribution in [0, 0.1) is 5.82 Å². The predicted octanol–water partition coefficient (Wildman–Crippen LogP) is 4.43. The highest BCUT2D eigenvalue weighted by molar-refractivity contribution is 6.43. The second-order valence-electron chi connectivity index (χ2n) is 4.02. The molecule has 98 valence electrons. The van der Waals surface area contributed by atoms with Gasteiger partial charge in [-0.1, -0.05) is 41.4 Å². The molecule has 0 aliphatic rings. The molecule has 1 N–H and O–H groups in total. The quantitative estimate of drug-likeness (QED) is 0.910. The van der Waals surface area contributed by atoms with Crippen molar-refractivity contribution in [3.05, 3.63) is 57.8 Å². The van der Waals surface area contributed by atoms with E-state index in [2.05, 4.69) is 0 Å². The highest BCUT2D eigenvalue weighted by atomic mass is 35.5. The van der Waals surface area contributed by atoms with Crippen LogP contribution in [-0.2, 0) is 11.2 Å². The van der Waals surface area contributed by atoms with Crippen LogP contribution in [0.2, 0.25) is 10.0 Å². The SMILES string of the molecule is O=C(O)Cc1cc(F)cc(-c2cccc(Cl)c2Cl)c1. The molecular weight excluding hydrogens is 290 g/mol. The van der Waals surface area contributed by atoms with Crippen LogP contribution in [0.3, 0.4) is 0 Å². The number of rotatable bonds is 3. The molecule has 0 atom stereocenters. The normalized spacial score (nSPS) is 10.5. The van der Waals surface area contributed by atoms with Crippen LogP contribution in [0.1, 0.15) is 5.56 Å². The first-order valence-electron chi connectivity index (χ1n) is 5.43. The standard InChI is InChI=1S/C14H9Cl2FO2/c15-12-3-1-2-11(14(12)16)9-4-8(6-13(18)19)5-10(17)7-9/h1-5,7H,6H2,(H,18,19). The smallest absolute Gasteiger partial charge is 0.307 e. The molecular formula is C14H9Cl2FO2. The summed E-state index contributed by atoms with van der Waals surface area (Å²) in [6.45, 7) is 0. The van der Waals surface area contributed by atoms with E-state index >= 15 is 0 Å². The number of aliphatic carboxylic acids is 1. The largest absolute Gasteiger partial charge is 0.481 e. The second kappa shape index (κ2) is 5.59. The number of hydrogen-bond donors (Lipinski definition) is 1. The number of halogens is 3. The zero-order chi connectivity index (χ0) is 14.0. The van der Waals surface area contributed by atoms with Gasteiger partial charge in [-0.3, -0.25) is 4.79 Å². The van der Waals surface area contributed by atoms with Crippen LogP contribution in [0.4, 0.5) is 4.39 Å². The van der Waals surface area contributed by atoms with Gasteiger partial charge in [0.2, 0.25) is 0 Å². The highest BCUT2D eigenvalue weighted by Crippen LogP contribution is 2.34. The molecule has 0 saturated heterocycles. The third-order valence-electron chi connectivity index (χ3n) is 2.58. The zero-order valence-corrected chi connectivity index (χ0v) is 11.2. The van der Waals surface area contributed by atoms with Crippen LogP contribution in [0.5, 0.6) is 0 Å². The maximum Gasteiger partial charge on any atom is 0.307 e. The molecule has 0 heterocycles. The maximum atomic E-state index is 13.5. The Hall–Kier alpha value is -1.58. The van der Waals surface area contributed by atoms with Crippen LogP contribution < -0.4 is 0 Å². The summed E-state index contributed by atoms with van der Waals surface area (Å²) < 4.78 is 13.5. The fourth-order valence-corrected chi connectivity index (χ4v) is 2.22. The molecule has 0 radical (unpaired) electrons. The van der Waals surface area contributed by atoms with Gasteiger partial charge < -0.3 is 5.11 Å². The summed E-state index contributed by atoms with van der Waals surface area (Å²) in [7, 11) is 0. The zero-order valence-electron chi connectivity index (χ0n) is 9.66. The molecule has 2 aromatic carbocycles. The van der Waals surface area contributed by atoms with Crippen molar-refractivity contribution in [2.75, 3.05) is 0 Å². The summed E-state index contributed by atoms with van der Waals surface area (Å²) >= 11 is 12.0. The summed E-state index contributed by atoms with van der Waals surface area (Å²) in [5, 5.41) is 9.43. The summed E-state index contributed by atoms with van der Waals surface area (Å²) in [5.74, 6) is -1.53. The highest BCUT2D eigenvalue weighted by Gasteiger charge is 2.10. The lowest BCUT2D eigenvalue weighted by Crippen LogP contribution is -2.00. The summed E-state index contributed by atoms with van der Waals surface area (Å²) in [4.78, 5) is 10.7. The number of benzene rings is 2. The molecule has 0 bridgehead atoms. The first kappa shape index (κ1) is 13.8. The van der Waals surface area contributed by atoms with Gasteiger partial charge in [0.05, 0.1) is 16.5 Å². The Bertz CT molecular complexity index is 641. The average Bonchev–Trinajstić information content (AvgIpc) is 2.31. The van der Waals surface area contributed by atoms with E-state index < -0.39 is 11.8 Å². The van der Waals surface area contributed by atoms with Crippen molar-refractivity contribution in [2.24, 2.45) is 0 Å². The van der Waals surface area contributed by atoms with Crippen molar-refractivity contribution in [1.29, 1.82) is 0 Å². The molecule has 19 heavy (non-hydrogen) atoms. The summed E-state index contributed by atoms with van der Waals surface area (Å²) in [6.07, 6.45) is -0.247. The molecule has 2 rings (SSSR count). The van der Waals surface area contributed by atoms with E-state index in [4.69, 9.17) is 28.3 Å². The Morgan fingerprint density at radius 2 is 1.95 bits per heavy atom.